The highest BCUT2D eigenvalue weighted by Crippen LogP contribution is 2.20. The molecule has 0 spiro atoms. The standard InChI is InChI=1S/C7H13NO7S2/c1-4(7(8)9)6(16(10,11)12)5(2)17(13,14)15-3/h5-6H,1H2,2-3H3,(H2,8,9)(H,10,11,12). The van der Waals surface area contributed by atoms with Gasteiger partial charge in [-0.3, -0.25) is 13.5 Å². The third kappa shape index (κ3) is 3.77. The molecule has 1 amide bonds. The third-order valence-corrected chi connectivity index (χ3v) is 5.25. The summed E-state index contributed by atoms with van der Waals surface area (Å²) in [5, 5.41) is -3.78. The minimum atomic E-state index is -4.86. The van der Waals surface area contributed by atoms with Gasteiger partial charge in [0, 0.05) is 5.57 Å². The Kier molecular flexibility index (Phi) is 4.83. The molecule has 0 bridgehead atoms. The Hall–Kier alpha value is -0.970. The van der Waals surface area contributed by atoms with E-state index < -0.39 is 42.2 Å². The molecule has 17 heavy (non-hydrogen) atoms. The number of amides is 1. The minimum Gasteiger partial charge on any atom is -0.366 e. The molecule has 8 nitrogen and oxygen atoms in total. The molecular weight excluding hydrogens is 274 g/mol. The van der Waals surface area contributed by atoms with Crippen LogP contribution in [0.15, 0.2) is 12.2 Å². The lowest BCUT2D eigenvalue weighted by Gasteiger charge is -2.20. The zero-order valence-electron chi connectivity index (χ0n) is 9.15. The van der Waals surface area contributed by atoms with Crippen LogP contribution < -0.4 is 5.73 Å². The molecule has 2 atom stereocenters. The molecule has 0 aliphatic heterocycles. The van der Waals surface area contributed by atoms with Gasteiger partial charge in [-0.05, 0) is 6.92 Å². The predicted molar refractivity (Wildman–Crippen MR) is 59.1 cm³/mol. The Bertz CT molecular complexity index is 518. The Labute approximate surface area is 99.3 Å². The normalized spacial score (nSPS) is 16.2. The first kappa shape index (κ1) is 16.0. The number of hydrogen-bond acceptors (Lipinski definition) is 6. The maximum atomic E-state index is 11.3. The van der Waals surface area contributed by atoms with E-state index in [9.17, 15) is 21.6 Å². The lowest BCUT2D eigenvalue weighted by Crippen LogP contribution is -2.42. The Balaban J connectivity index is 5.70. The van der Waals surface area contributed by atoms with Crippen LogP contribution in [-0.2, 0) is 29.2 Å². The fraction of sp³-hybridized carbons (Fsp3) is 0.571. The fourth-order valence-corrected chi connectivity index (χ4v) is 3.71. The molecule has 0 aromatic rings. The van der Waals surface area contributed by atoms with Gasteiger partial charge in [0.1, 0.15) is 10.5 Å². The van der Waals surface area contributed by atoms with Gasteiger partial charge >= 0.3 is 0 Å². The van der Waals surface area contributed by atoms with Crippen LogP contribution >= 0.6 is 0 Å². The van der Waals surface area contributed by atoms with Crippen LogP contribution in [-0.4, -0.2) is 44.9 Å². The Morgan fingerprint density at radius 2 is 1.76 bits per heavy atom. The smallest absolute Gasteiger partial charge is 0.273 e. The van der Waals surface area contributed by atoms with E-state index in [0.717, 1.165) is 14.0 Å². The van der Waals surface area contributed by atoms with Crippen molar-refractivity contribution in [3.63, 3.8) is 0 Å². The second-order valence-electron chi connectivity index (χ2n) is 3.19. The first-order chi connectivity index (χ1) is 7.45. The van der Waals surface area contributed by atoms with Crippen molar-refractivity contribution < 1.29 is 30.4 Å². The Morgan fingerprint density at radius 1 is 1.35 bits per heavy atom. The highest BCUT2D eigenvalue weighted by molar-refractivity contribution is 7.91. The SMILES string of the molecule is C=C(C(N)=O)C(C(C)S(=O)(=O)OC)S(=O)(=O)O. The van der Waals surface area contributed by atoms with Crippen molar-refractivity contribution in [1.82, 2.24) is 0 Å². The molecule has 0 saturated carbocycles. The molecule has 100 valence electrons. The zero-order valence-corrected chi connectivity index (χ0v) is 10.8. The van der Waals surface area contributed by atoms with Gasteiger partial charge in [-0.15, -0.1) is 0 Å². The van der Waals surface area contributed by atoms with E-state index in [4.69, 9.17) is 10.3 Å². The molecule has 10 heteroatoms. The van der Waals surface area contributed by atoms with E-state index in [-0.39, 0.29) is 0 Å². The number of nitrogens with two attached hydrogens (primary N) is 1. The van der Waals surface area contributed by atoms with Crippen molar-refractivity contribution in [2.75, 3.05) is 7.11 Å². The van der Waals surface area contributed by atoms with E-state index >= 15 is 0 Å². The predicted octanol–water partition coefficient (Wildman–Crippen LogP) is -1.35. The molecule has 0 rings (SSSR count). The third-order valence-electron chi connectivity index (χ3n) is 2.09. The minimum absolute atomic E-state index is 0.736. The molecule has 0 aromatic carbocycles. The topological polar surface area (TPSA) is 141 Å². The van der Waals surface area contributed by atoms with Crippen LogP contribution in [0.3, 0.4) is 0 Å². The molecular formula is C7H13NO7S2. The summed E-state index contributed by atoms with van der Waals surface area (Å²) in [5.74, 6) is -1.23. The molecule has 3 N–H and O–H groups in total. The quantitative estimate of drug-likeness (QED) is 0.349. The van der Waals surface area contributed by atoms with E-state index in [1.54, 1.807) is 0 Å². The average molecular weight is 287 g/mol. The molecule has 0 fully saturated rings. The van der Waals surface area contributed by atoms with Gasteiger partial charge in [-0.2, -0.15) is 16.8 Å². The summed E-state index contributed by atoms with van der Waals surface area (Å²) in [5.41, 5.74) is 4.07. The van der Waals surface area contributed by atoms with Gasteiger partial charge < -0.3 is 5.73 Å². The van der Waals surface area contributed by atoms with Crippen LogP contribution in [0.2, 0.25) is 0 Å². The summed E-state index contributed by atoms with van der Waals surface area (Å²) in [6.45, 7) is 4.01. The van der Waals surface area contributed by atoms with E-state index in [0.29, 0.717) is 0 Å². The van der Waals surface area contributed by atoms with Gasteiger partial charge in [-0.1, -0.05) is 6.58 Å². The number of carbonyl (C=O) groups excluding carboxylic acids is 1. The second kappa shape index (κ2) is 5.12. The number of hydrogen-bond donors (Lipinski definition) is 2. The van der Waals surface area contributed by atoms with Crippen molar-refractivity contribution in [1.29, 1.82) is 0 Å². The van der Waals surface area contributed by atoms with E-state index in [1.165, 1.54) is 0 Å². The second-order valence-corrected chi connectivity index (χ2v) is 6.79. The molecule has 2 unspecified atom stereocenters. The summed E-state index contributed by atoms with van der Waals surface area (Å²) in [4.78, 5) is 10.8. The number of carbonyl (C=O) groups is 1. The van der Waals surface area contributed by atoms with Crippen molar-refractivity contribution >= 4 is 26.1 Å². The van der Waals surface area contributed by atoms with E-state index in [1.807, 2.05) is 0 Å². The van der Waals surface area contributed by atoms with Gasteiger partial charge in [0.2, 0.25) is 5.91 Å². The van der Waals surface area contributed by atoms with Crippen molar-refractivity contribution in [2.24, 2.45) is 5.73 Å². The summed E-state index contributed by atoms with van der Waals surface area (Å²) in [7, 11) is -8.31. The summed E-state index contributed by atoms with van der Waals surface area (Å²) < 4.78 is 57.8. The Morgan fingerprint density at radius 3 is 2.00 bits per heavy atom. The first-order valence-electron chi connectivity index (χ1n) is 4.19. The largest absolute Gasteiger partial charge is 0.366 e. The fourth-order valence-electron chi connectivity index (χ4n) is 1.15. The summed E-state index contributed by atoms with van der Waals surface area (Å²) >= 11 is 0. The zero-order chi connectivity index (χ0) is 14.0. The molecule has 0 saturated heterocycles. The summed E-state index contributed by atoms with van der Waals surface area (Å²) in [6.07, 6.45) is 0. The monoisotopic (exact) mass is 287 g/mol. The molecule has 0 heterocycles. The summed E-state index contributed by atoms with van der Waals surface area (Å²) in [6, 6.07) is 0. The van der Waals surface area contributed by atoms with Gasteiger partial charge in [0.15, 0.2) is 0 Å². The van der Waals surface area contributed by atoms with Crippen LogP contribution in [0, 0.1) is 0 Å². The van der Waals surface area contributed by atoms with Crippen LogP contribution in [0.25, 0.3) is 0 Å². The van der Waals surface area contributed by atoms with Crippen LogP contribution in [0.5, 0.6) is 0 Å². The van der Waals surface area contributed by atoms with Gasteiger partial charge in [0.25, 0.3) is 20.2 Å². The number of rotatable bonds is 6. The molecule has 0 aromatic heterocycles. The molecule has 0 aliphatic carbocycles. The highest BCUT2D eigenvalue weighted by atomic mass is 32.2. The maximum absolute atomic E-state index is 11.3. The maximum Gasteiger partial charge on any atom is 0.273 e. The highest BCUT2D eigenvalue weighted by Gasteiger charge is 2.41. The van der Waals surface area contributed by atoms with Gasteiger partial charge in [0.05, 0.1) is 7.11 Å². The number of primary amides is 1. The van der Waals surface area contributed by atoms with Gasteiger partial charge in [-0.25, -0.2) is 0 Å². The van der Waals surface area contributed by atoms with E-state index in [2.05, 4.69) is 10.8 Å². The van der Waals surface area contributed by atoms with Crippen LogP contribution in [0.1, 0.15) is 6.92 Å². The lowest BCUT2D eigenvalue weighted by atomic mass is 10.1. The first-order valence-corrected chi connectivity index (χ1v) is 7.17. The molecule has 0 aliphatic rings. The van der Waals surface area contributed by atoms with Crippen molar-refractivity contribution in [3.05, 3.63) is 12.2 Å². The molecule has 0 radical (unpaired) electrons. The van der Waals surface area contributed by atoms with Crippen molar-refractivity contribution in [2.45, 2.75) is 17.4 Å². The van der Waals surface area contributed by atoms with Crippen molar-refractivity contribution in [3.8, 4) is 0 Å². The lowest BCUT2D eigenvalue weighted by molar-refractivity contribution is -0.114. The average Bonchev–Trinajstić information content (AvgIpc) is 2.15. The van der Waals surface area contributed by atoms with Crippen LogP contribution in [0.4, 0.5) is 0 Å².